The number of benzene rings is 1. The average molecular weight is 407 g/mol. The lowest BCUT2D eigenvalue weighted by Crippen LogP contribution is -2.32. The van der Waals surface area contributed by atoms with Crippen molar-refractivity contribution in [2.24, 2.45) is 0 Å². The monoisotopic (exact) mass is 406 g/mol. The Hall–Kier alpha value is -3.14. The van der Waals surface area contributed by atoms with Crippen LogP contribution in [0.5, 0.6) is 11.5 Å². The first-order valence-corrected chi connectivity index (χ1v) is 7.72. The third-order valence-corrected chi connectivity index (χ3v) is 4.38. The van der Waals surface area contributed by atoms with Gasteiger partial charge in [0.25, 0.3) is 4.60 Å². The van der Waals surface area contributed by atoms with Gasteiger partial charge in [-0.15, -0.1) is 0 Å². The first kappa shape index (κ1) is 16.7. The van der Waals surface area contributed by atoms with E-state index in [1.54, 1.807) is 19.1 Å². The van der Waals surface area contributed by atoms with Crippen LogP contribution in [0.25, 0.3) is 16.9 Å². The summed E-state index contributed by atoms with van der Waals surface area (Å²) in [6.45, 7) is 1.65. The molecule has 25 heavy (non-hydrogen) atoms. The molecule has 9 nitrogen and oxygen atoms in total. The van der Waals surface area contributed by atoms with Gasteiger partial charge in [-0.2, -0.15) is 4.73 Å². The second kappa shape index (κ2) is 6.06. The summed E-state index contributed by atoms with van der Waals surface area (Å²) in [5.74, 6) is -1.44. The molecule has 0 aliphatic rings. The number of phenols is 2. The number of aromatic nitrogens is 3. The lowest BCUT2D eigenvalue weighted by Gasteiger charge is -2.12. The van der Waals surface area contributed by atoms with Crippen molar-refractivity contribution < 1.29 is 19.9 Å². The maximum atomic E-state index is 12.0. The average Bonchev–Trinajstić information content (AvgIpc) is 3.04. The maximum Gasteiger partial charge on any atom is 0.315 e. The Morgan fingerprint density at radius 2 is 2.04 bits per heavy atom. The van der Waals surface area contributed by atoms with Crippen molar-refractivity contribution in [1.82, 2.24) is 9.55 Å². The second-order valence-electron chi connectivity index (χ2n) is 5.21. The first-order valence-electron chi connectivity index (χ1n) is 6.93. The number of aromatic hydroxyl groups is 2. The Morgan fingerprint density at radius 1 is 1.32 bits per heavy atom. The number of nitro groups is 1. The fraction of sp³-hybridized carbons (Fsp3) is 0.0667. The standard InChI is InChI=1S/C15H11BrN4O5/c1-8-2-3-10(15(16)19(8)23)18-7-17-6-12(18)9-4-11(20(24)25)14(22)13(21)5-9/h2-7,21-22H,1H3. The number of pyridine rings is 1. The molecule has 0 radical (unpaired) electrons. The van der Waals surface area contributed by atoms with E-state index in [1.807, 2.05) is 0 Å². The number of nitro benzene ring substituents is 1. The van der Waals surface area contributed by atoms with Crippen molar-refractivity contribution in [3.8, 4) is 28.4 Å². The van der Waals surface area contributed by atoms with Crippen LogP contribution in [0.3, 0.4) is 0 Å². The van der Waals surface area contributed by atoms with Crippen LogP contribution in [0.4, 0.5) is 5.69 Å². The fourth-order valence-electron chi connectivity index (χ4n) is 2.37. The van der Waals surface area contributed by atoms with E-state index in [-0.39, 0.29) is 10.2 Å². The Labute approximate surface area is 149 Å². The molecule has 3 aromatic rings. The van der Waals surface area contributed by atoms with Crippen molar-refractivity contribution in [2.45, 2.75) is 6.92 Å². The minimum atomic E-state index is -0.811. The van der Waals surface area contributed by atoms with E-state index in [9.17, 15) is 25.5 Å². The molecule has 2 aromatic heterocycles. The summed E-state index contributed by atoms with van der Waals surface area (Å²) in [6, 6.07) is 5.61. The van der Waals surface area contributed by atoms with Gasteiger partial charge in [0.05, 0.1) is 23.1 Å². The number of imidazole rings is 1. The van der Waals surface area contributed by atoms with Gasteiger partial charge < -0.3 is 15.4 Å². The van der Waals surface area contributed by atoms with Gasteiger partial charge in [-0.25, -0.2) is 4.98 Å². The Morgan fingerprint density at radius 3 is 2.72 bits per heavy atom. The predicted molar refractivity (Wildman–Crippen MR) is 90.4 cm³/mol. The molecule has 3 rings (SSSR count). The molecule has 0 saturated carbocycles. The highest BCUT2D eigenvalue weighted by Gasteiger charge is 2.22. The molecule has 0 aliphatic carbocycles. The van der Waals surface area contributed by atoms with Gasteiger partial charge in [0.1, 0.15) is 5.69 Å². The summed E-state index contributed by atoms with van der Waals surface area (Å²) in [4.78, 5) is 14.3. The van der Waals surface area contributed by atoms with E-state index in [0.717, 1.165) is 6.07 Å². The van der Waals surface area contributed by atoms with Crippen LogP contribution in [0.1, 0.15) is 5.69 Å². The molecule has 1 aromatic carbocycles. The fourth-order valence-corrected chi connectivity index (χ4v) is 2.97. The summed E-state index contributed by atoms with van der Waals surface area (Å²) in [5.41, 5.74) is 0.954. The van der Waals surface area contributed by atoms with Gasteiger partial charge in [0.2, 0.25) is 5.75 Å². The highest BCUT2D eigenvalue weighted by molar-refractivity contribution is 9.10. The molecule has 2 N–H and O–H groups in total. The summed E-state index contributed by atoms with van der Waals surface area (Å²) < 4.78 is 2.47. The molecule has 0 fully saturated rings. The van der Waals surface area contributed by atoms with E-state index in [1.165, 1.54) is 23.2 Å². The van der Waals surface area contributed by atoms with E-state index < -0.39 is 22.1 Å². The first-order chi connectivity index (χ1) is 11.8. The molecule has 0 amide bonds. The van der Waals surface area contributed by atoms with Crippen LogP contribution in [0.15, 0.2) is 41.4 Å². The van der Waals surface area contributed by atoms with E-state index in [2.05, 4.69) is 20.9 Å². The van der Waals surface area contributed by atoms with Crippen LogP contribution < -0.4 is 4.73 Å². The Balaban J connectivity index is 2.22. The van der Waals surface area contributed by atoms with Crippen LogP contribution in [-0.2, 0) is 0 Å². The van der Waals surface area contributed by atoms with Gasteiger partial charge in [-0.3, -0.25) is 14.7 Å². The number of phenolic OH excluding ortho intramolecular Hbond substituents is 2. The van der Waals surface area contributed by atoms with Crippen molar-refractivity contribution in [2.75, 3.05) is 0 Å². The number of rotatable bonds is 3. The van der Waals surface area contributed by atoms with Gasteiger partial charge in [0.15, 0.2) is 11.4 Å². The van der Waals surface area contributed by atoms with Crippen LogP contribution in [0.2, 0.25) is 0 Å². The molecule has 0 aliphatic heterocycles. The number of hydrogen-bond acceptors (Lipinski definition) is 6. The molecule has 0 spiro atoms. The molecular weight excluding hydrogens is 396 g/mol. The molecule has 0 saturated heterocycles. The zero-order chi connectivity index (χ0) is 18.3. The molecule has 128 valence electrons. The van der Waals surface area contributed by atoms with Crippen molar-refractivity contribution >= 4 is 21.6 Å². The summed E-state index contributed by atoms with van der Waals surface area (Å²) in [7, 11) is 0. The smallest absolute Gasteiger partial charge is 0.315 e. The van der Waals surface area contributed by atoms with E-state index >= 15 is 0 Å². The zero-order valence-corrected chi connectivity index (χ0v) is 14.3. The zero-order valence-electron chi connectivity index (χ0n) is 12.8. The van der Waals surface area contributed by atoms with Gasteiger partial charge in [-0.05, 0) is 12.1 Å². The summed E-state index contributed by atoms with van der Waals surface area (Å²) in [5, 5.41) is 42.5. The summed E-state index contributed by atoms with van der Waals surface area (Å²) in [6.07, 6.45) is 2.86. The third-order valence-electron chi connectivity index (χ3n) is 3.65. The highest BCUT2D eigenvalue weighted by Crippen LogP contribution is 2.39. The van der Waals surface area contributed by atoms with Gasteiger partial charge in [0, 0.05) is 40.5 Å². The Bertz CT molecular complexity index is 1000. The lowest BCUT2D eigenvalue weighted by atomic mass is 10.1. The topological polar surface area (TPSA) is 128 Å². The number of nitrogens with zero attached hydrogens (tertiary/aromatic N) is 4. The molecule has 2 heterocycles. The van der Waals surface area contributed by atoms with Crippen LogP contribution in [0, 0.1) is 22.2 Å². The van der Waals surface area contributed by atoms with Crippen LogP contribution >= 0.6 is 15.9 Å². The molecule has 10 heteroatoms. The normalized spacial score (nSPS) is 10.8. The molecule has 0 bridgehead atoms. The maximum absolute atomic E-state index is 12.0. The van der Waals surface area contributed by atoms with E-state index in [0.29, 0.717) is 21.8 Å². The summed E-state index contributed by atoms with van der Waals surface area (Å²) >= 11 is 3.23. The number of aryl methyl sites for hydroxylation is 1. The predicted octanol–water partition coefficient (Wildman–Crippen LogP) is 2.56. The van der Waals surface area contributed by atoms with Crippen molar-refractivity contribution in [3.63, 3.8) is 0 Å². The Kier molecular flexibility index (Phi) is 4.05. The quantitative estimate of drug-likeness (QED) is 0.172. The SMILES string of the molecule is Cc1ccc(-n2cncc2-c2cc(O)c(O)c([N+](=O)[O-])c2)c(Br)[n+]1[O-]. The van der Waals surface area contributed by atoms with Gasteiger partial charge >= 0.3 is 5.69 Å². The largest absolute Gasteiger partial charge is 0.618 e. The minimum Gasteiger partial charge on any atom is -0.618 e. The molecule has 0 atom stereocenters. The lowest BCUT2D eigenvalue weighted by molar-refractivity contribution is -0.623. The van der Waals surface area contributed by atoms with Gasteiger partial charge in [-0.1, -0.05) is 0 Å². The molecular formula is C15H11BrN4O5. The highest BCUT2D eigenvalue weighted by atomic mass is 79.9. The van der Waals surface area contributed by atoms with E-state index in [4.69, 9.17) is 0 Å². The second-order valence-corrected chi connectivity index (χ2v) is 5.97. The van der Waals surface area contributed by atoms with Crippen LogP contribution in [-0.4, -0.2) is 24.7 Å². The molecule has 0 unspecified atom stereocenters. The number of halogens is 1. The van der Waals surface area contributed by atoms with Crippen molar-refractivity contribution in [1.29, 1.82) is 0 Å². The number of hydrogen-bond donors (Lipinski definition) is 2. The van der Waals surface area contributed by atoms with Crippen molar-refractivity contribution in [3.05, 3.63) is 62.4 Å². The third kappa shape index (κ3) is 2.76. The minimum absolute atomic E-state index is 0.240.